The predicted octanol–water partition coefficient (Wildman–Crippen LogP) is 3.39. The SMILES string of the molecule is O=C(COCC1CC1)NC[C@H](c1ccccc1)N1CCc2sccc2C1. The molecule has 4 rings (SSSR count). The summed E-state index contributed by atoms with van der Waals surface area (Å²) in [5.74, 6) is 0.674. The summed E-state index contributed by atoms with van der Waals surface area (Å²) in [6.45, 7) is 3.50. The van der Waals surface area contributed by atoms with E-state index in [-0.39, 0.29) is 18.6 Å². The molecule has 4 nitrogen and oxygen atoms in total. The van der Waals surface area contributed by atoms with Crippen LogP contribution >= 0.6 is 11.3 Å². The molecule has 1 amide bonds. The molecule has 1 atom stereocenters. The van der Waals surface area contributed by atoms with E-state index in [1.807, 2.05) is 17.4 Å². The molecule has 138 valence electrons. The number of hydrogen-bond acceptors (Lipinski definition) is 4. The average molecular weight is 371 g/mol. The van der Waals surface area contributed by atoms with Crippen LogP contribution in [0.1, 0.15) is 34.9 Å². The van der Waals surface area contributed by atoms with Gasteiger partial charge < -0.3 is 10.1 Å². The summed E-state index contributed by atoms with van der Waals surface area (Å²) in [5, 5.41) is 5.27. The van der Waals surface area contributed by atoms with E-state index in [2.05, 4.69) is 45.9 Å². The van der Waals surface area contributed by atoms with Crippen LogP contribution in [0.4, 0.5) is 0 Å². The van der Waals surface area contributed by atoms with Gasteiger partial charge in [-0.1, -0.05) is 30.3 Å². The number of carbonyl (C=O) groups excluding carboxylic acids is 1. The zero-order valence-electron chi connectivity index (χ0n) is 15.0. The molecule has 0 spiro atoms. The molecule has 26 heavy (non-hydrogen) atoms. The van der Waals surface area contributed by atoms with Crippen molar-refractivity contribution in [2.75, 3.05) is 26.3 Å². The molecule has 0 unspecified atom stereocenters. The van der Waals surface area contributed by atoms with Gasteiger partial charge in [-0.3, -0.25) is 9.69 Å². The van der Waals surface area contributed by atoms with Gasteiger partial charge in [0.05, 0.1) is 12.6 Å². The summed E-state index contributed by atoms with van der Waals surface area (Å²) < 4.78 is 5.51. The van der Waals surface area contributed by atoms with E-state index in [0.29, 0.717) is 12.5 Å². The second kappa shape index (κ2) is 8.33. The Morgan fingerprint density at radius 3 is 2.92 bits per heavy atom. The molecule has 5 heteroatoms. The molecule has 1 N–H and O–H groups in total. The first-order valence-electron chi connectivity index (χ1n) is 9.48. The van der Waals surface area contributed by atoms with Gasteiger partial charge in [0.15, 0.2) is 0 Å². The number of benzene rings is 1. The molecular weight excluding hydrogens is 344 g/mol. The van der Waals surface area contributed by atoms with E-state index in [1.54, 1.807) is 0 Å². The molecule has 1 aliphatic carbocycles. The monoisotopic (exact) mass is 370 g/mol. The molecule has 2 aliphatic rings. The first-order valence-corrected chi connectivity index (χ1v) is 10.4. The lowest BCUT2D eigenvalue weighted by Gasteiger charge is -2.35. The highest BCUT2D eigenvalue weighted by Crippen LogP contribution is 2.30. The molecule has 0 saturated heterocycles. The number of carbonyl (C=O) groups is 1. The fourth-order valence-corrected chi connectivity index (χ4v) is 4.42. The molecule has 1 saturated carbocycles. The van der Waals surface area contributed by atoms with Crippen LogP contribution in [0.5, 0.6) is 0 Å². The third-order valence-electron chi connectivity index (χ3n) is 5.24. The molecular formula is C21H26N2O2S. The highest BCUT2D eigenvalue weighted by molar-refractivity contribution is 7.10. The lowest BCUT2D eigenvalue weighted by atomic mass is 10.0. The number of nitrogens with zero attached hydrogens (tertiary/aromatic N) is 1. The van der Waals surface area contributed by atoms with Crippen molar-refractivity contribution >= 4 is 17.2 Å². The molecule has 2 aromatic rings. The van der Waals surface area contributed by atoms with Gasteiger partial charge in [-0.15, -0.1) is 11.3 Å². The van der Waals surface area contributed by atoms with Gasteiger partial charge in [-0.25, -0.2) is 0 Å². The van der Waals surface area contributed by atoms with Crippen molar-refractivity contribution in [3.63, 3.8) is 0 Å². The third-order valence-corrected chi connectivity index (χ3v) is 6.26. The van der Waals surface area contributed by atoms with Gasteiger partial charge in [0.25, 0.3) is 0 Å². The summed E-state index contributed by atoms with van der Waals surface area (Å²) in [5.41, 5.74) is 2.69. The fourth-order valence-electron chi connectivity index (χ4n) is 3.53. The summed E-state index contributed by atoms with van der Waals surface area (Å²) in [6.07, 6.45) is 3.59. The number of thiophene rings is 1. The molecule has 0 bridgehead atoms. The van der Waals surface area contributed by atoms with Crippen LogP contribution in [0, 0.1) is 5.92 Å². The van der Waals surface area contributed by atoms with E-state index in [4.69, 9.17) is 4.74 Å². The maximum Gasteiger partial charge on any atom is 0.246 e. The van der Waals surface area contributed by atoms with Crippen molar-refractivity contribution < 1.29 is 9.53 Å². The van der Waals surface area contributed by atoms with Crippen LogP contribution in [0.15, 0.2) is 41.8 Å². The molecule has 0 radical (unpaired) electrons. The number of hydrogen-bond donors (Lipinski definition) is 1. The van der Waals surface area contributed by atoms with Crippen LogP contribution < -0.4 is 5.32 Å². The molecule has 1 aromatic heterocycles. The van der Waals surface area contributed by atoms with Crippen LogP contribution in [-0.4, -0.2) is 37.1 Å². The van der Waals surface area contributed by atoms with Gasteiger partial charge in [0, 0.05) is 24.5 Å². The summed E-state index contributed by atoms with van der Waals surface area (Å²) in [7, 11) is 0. The Kier molecular flexibility index (Phi) is 5.68. The largest absolute Gasteiger partial charge is 0.371 e. The van der Waals surface area contributed by atoms with Crippen LogP contribution in [0.2, 0.25) is 0 Å². The lowest BCUT2D eigenvalue weighted by Crippen LogP contribution is -2.41. The molecule has 1 fully saturated rings. The fraction of sp³-hybridized carbons (Fsp3) is 0.476. The van der Waals surface area contributed by atoms with Crippen LogP contribution in [0.25, 0.3) is 0 Å². The van der Waals surface area contributed by atoms with E-state index >= 15 is 0 Å². The highest BCUT2D eigenvalue weighted by atomic mass is 32.1. The first-order chi connectivity index (χ1) is 12.8. The normalized spacial score (nSPS) is 18.3. The average Bonchev–Trinajstić information content (AvgIpc) is 3.37. The summed E-state index contributed by atoms with van der Waals surface area (Å²) in [4.78, 5) is 16.2. The molecule has 1 aliphatic heterocycles. The summed E-state index contributed by atoms with van der Waals surface area (Å²) >= 11 is 1.86. The Morgan fingerprint density at radius 2 is 2.12 bits per heavy atom. The van der Waals surface area contributed by atoms with E-state index in [0.717, 1.165) is 26.1 Å². The van der Waals surface area contributed by atoms with Crippen molar-refractivity contribution in [3.05, 3.63) is 57.8 Å². The minimum atomic E-state index is -0.0141. The van der Waals surface area contributed by atoms with Gasteiger partial charge in [-0.05, 0) is 47.8 Å². The van der Waals surface area contributed by atoms with Crippen molar-refractivity contribution in [3.8, 4) is 0 Å². The number of amides is 1. The van der Waals surface area contributed by atoms with Gasteiger partial charge in [0.1, 0.15) is 6.61 Å². The minimum absolute atomic E-state index is 0.0141. The summed E-state index contributed by atoms with van der Waals surface area (Å²) in [6, 6.07) is 12.9. The van der Waals surface area contributed by atoms with Crippen LogP contribution in [-0.2, 0) is 22.5 Å². The third kappa shape index (κ3) is 4.53. The van der Waals surface area contributed by atoms with Crippen molar-refractivity contribution in [2.45, 2.75) is 31.8 Å². The zero-order valence-corrected chi connectivity index (χ0v) is 15.8. The molecule has 1 aromatic carbocycles. The van der Waals surface area contributed by atoms with Gasteiger partial charge >= 0.3 is 0 Å². The number of nitrogens with one attached hydrogen (secondary N) is 1. The Hall–Kier alpha value is -1.69. The van der Waals surface area contributed by atoms with Crippen molar-refractivity contribution in [2.24, 2.45) is 5.92 Å². The highest BCUT2D eigenvalue weighted by Gasteiger charge is 2.26. The molecule has 2 heterocycles. The minimum Gasteiger partial charge on any atom is -0.371 e. The first kappa shape index (κ1) is 17.7. The van der Waals surface area contributed by atoms with Crippen molar-refractivity contribution in [1.29, 1.82) is 0 Å². The topological polar surface area (TPSA) is 41.6 Å². The van der Waals surface area contributed by atoms with Crippen molar-refractivity contribution in [1.82, 2.24) is 10.2 Å². The van der Waals surface area contributed by atoms with Gasteiger partial charge in [0.2, 0.25) is 5.91 Å². The predicted molar refractivity (Wildman–Crippen MR) is 104 cm³/mol. The standard InChI is InChI=1S/C21H26N2O2S/c24-21(15-25-14-16-6-7-16)22-12-19(17-4-2-1-3-5-17)23-10-8-20-18(13-23)9-11-26-20/h1-5,9,11,16,19H,6-8,10,12-15H2,(H,22,24)/t19-/m1/s1. The smallest absolute Gasteiger partial charge is 0.246 e. The zero-order chi connectivity index (χ0) is 17.8. The second-order valence-electron chi connectivity index (χ2n) is 7.28. The van der Waals surface area contributed by atoms with Gasteiger partial charge in [-0.2, -0.15) is 0 Å². The van der Waals surface area contributed by atoms with Crippen LogP contribution in [0.3, 0.4) is 0 Å². The van der Waals surface area contributed by atoms with E-state index in [1.165, 1.54) is 28.8 Å². The van der Waals surface area contributed by atoms with E-state index in [9.17, 15) is 4.79 Å². The lowest BCUT2D eigenvalue weighted by molar-refractivity contribution is -0.126. The Labute approximate surface area is 159 Å². The number of rotatable bonds is 8. The maximum absolute atomic E-state index is 12.2. The Morgan fingerprint density at radius 1 is 1.27 bits per heavy atom. The van der Waals surface area contributed by atoms with E-state index < -0.39 is 0 Å². The Balaban J connectivity index is 1.38. The number of ether oxygens (including phenoxy) is 1. The number of fused-ring (bicyclic) bond motifs is 1. The second-order valence-corrected chi connectivity index (χ2v) is 8.28. The maximum atomic E-state index is 12.2. The quantitative estimate of drug-likeness (QED) is 0.774. The Bertz CT molecular complexity index is 727.